The number of nitriles is 1. The summed E-state index contributed by atoms with van der Waals surface area (Å²) >= 11 is 0. The molecule has 1 aromatic carbocycles. The fraction of sp³-hybridized carbons (Fsp3) is 0.222. The standard InChI is InChI=1S/C9H8N2O4/c1-14-8-4-2-7(3-5-8)9(6-10)15-11(12)13/h2-5,9H,1H3. The molecule has 6 heteroatoms. The highest BCUT2D eigenvalue weighted by atomic mass is 17.0. The van der Waals surface area contributed by atoms with Crippen LogP contribution in [0, 0.1) is 21.4 Å². The molecule has 0 aliphatic heterocycles. The molecule has 0 aliphatic carbocycles. The third kappa shape index (κ3) is 2.84. The van der Waals surface area contributed by atoms with Gasteiger partial charge in [-0.2, -0.15) is 5.26 Å². The molecule has 0 saturated carbocycles. The lowest BCUT2D eigenvalue weighted by Crippen LogP contribution is -2.07. The smallest absolute Gasteiger partial charge is 0.296 e. The second kappa shape index (κ2) is 4.81. The number of nitrogens with zero attached hydrogens (tertiary/aromatic N) is 2. The van der Waals surface area contributed by atoms with Gasteiger partial charge in [0, 0.05) is 0 Å². The lowest BCUT2D eigenvalue weighted by Gasteiger charge is -2.07. The molecule has 1 rings (SSSR count). The Hall–Kier alpha value is -2.29. The van der Waals surface area contributed by atoms with Gasteiger partial charge in [-0.05, 0) is 17.7 Å². The van der Waals surface area contributed by atoms with Crippen LogP contribution >= 0.6 is 0 Å². The maximum atomic E-state index is 10.1. The fourth-order valence-electron chi connectivity index (χ4n) is 1.02. The zero-order valence-electron chi connectivity index (χ0n) is 7.91. The van der Waals surface area contributed by atoms with Crippen LogP contribution in [0.4, 0.5) is 0 Å². The van der Waals surface area contributed by atoms with Crippen molar-refractivity contribution in [3.63, 3.8) is 0 Å². The maximum absolute atomic E-state index is 10.1. The van der Waals surface area contributed by atoms with E-state index in [1.54, 1.807) is 18.2 Å². The molecule has 78 valence electrons. The predicted octanol–water partition coefficient (Wildman–Crippen LogP) is 1.47. The van der Waals surface area contributed by atoms with Gasteiger partial charge < -0.3 is 4.74 Å². The van der Waals surface area contributed by atoms with E-state index in [2.05, 4.69) is 4.84 Å². The number of methoxy groups -OCH3 is 1. The second-order valence-corrected chi connectivity index (χ2v) is 2.61. The number of benzene rings is 1. The molecule has 0 bridgehead atoms. The highest BCUT2D eigenvalue weighted by molar-refractivity contribution is 5.30. The van der Waals surface area contributed by atoms with Crippen LogP contribution in [0.2, 0.25) is 0 Å². The Bertz CT molecular complexity index is 382. The van der Waals surface area contributed by atoms with Gasteiger partial charge in [0.1, 0.15) is 5.75 Å². The van der Waals surface area contributed by atoms with Gasteiger partial charge in [-0.25, -0.2) is 0 Å². The van der Waals surface area contributed by atoms with Crippen molar-refractivity contribution < 1.29 is 14.7 Å². The Labute approximate surface area is 85.8 Å². The zero-order valence-corrected chi connectivity index (χ0v) is 7.91. The summed E-state index contributed by atoms with van der Waals surface area (Å²) in [6, 6.07) is 7.96. The van der Waals surface area contributed by atoms with Crippen LogP contribution in [0.3, 0.4) is 0 Å². The lowest BCUT2D eigenvalue weighted by molar-refractivity contribution is -0.767. The summed E-state index contributed by atoms with van der Waals surface area (Å²) in [5.74, 6) is 0.608. The molecule has 0 spiro atoms. The Morgan fingerprint density at radius 1 is 1.47 bits per heavy atom. The Morgan fingerprint density at radius 3 is 2.47 bits per heavy atom. The molecule has 0 radical (unpaired) electrons. The Morgan fingerprint density at radius 2 is 2.07 bits per heavy atom. The van der Waals surface area contributed by atoms with Gasteiger partial charge in [-0.15, -0.1) is 10.1 Å². The van der Waals surface area contributed by atoms with Crippen LogP contribution in [0.15, 0.2) is 24.3 Å². The van der Waals surface area contributed by atoms with E-state index in [9.17, 15) is 10.1 Å². The van der Waals surface area contributed by atoms with Gasteiger partial charge in [0.05, 0.1) is 13.2 Å². The van der Waals surface area contributed by atoms with Gasteiger partial charge in [-0.1, -0.05) is 12.1 Å². The third-order valence-electron chi connectivity index (χ3n) is 1.73. The molecular weight excluding hydrogens is 200 g/mol. The van der Waals surface area contributed by atoms with Crippen molar-refractivity contribution in [3.8, 4) is 11.8 Å². The minimum atomic E-state index is -1.20. The molecule has 0 N–H and O–H groups in total. The minimum absolute atomic E-state index is 0.412. The summed E-state index contributed by atoms with van der Waals surface area (Å²) in [7, 11) is 1.50. The summed E-state index contributed by atoms with van der Waals surface area (Å²) in [5, 5.41) is 17.7. The molecule has 1 unspecified atom stereocenters. The molecule has 1 atom stereocenters. The first-order chi connectivity index (χ1) is 7.17. The number of hydrogen-bond donors (Lipinski definition) is 0. The van der Waals surface area contributed by atoms with Crippen LogP contribution in [-0.2, 0) is 4.84 Å². The van der Waals surface area contributed by atoms with Crippen molar-refractivity contribution >= 4 is 0 Å². The summed E-state index contributed by atoms with van der Waals surface area (Å²) in [4.78, 5) is 14.3. The van der Waals surface area contributed by atoms with Crippen LogP contribution < -0.4 is 4.74 Å². The number of hydrogen-bond acceptors (Lipinski definition) is 5. The largest absolute Gasteiger partial charge is 0.497 e. The monoisotopic (exact) mass is 208 g/mol. The average molecular weight is 208 g/mol. The van der Waals surface area contributed by atoms with E-state index in [0.717, 1.165) is 0 Å². The molecule has 0 fully saturated rings. The van der Waals surface area contributed by atoms with E-state index >= 15 is 0 Å². The topological polar surface area (TPSA) is 85.4 Å². The molecule has 0 amide bonds. The molecule has 15 heavy (non-hydrogen) atoms. The highest BCUT2D eigenvalue weighted by Crippen LogP contribution is 2.19. The van der Waals surface area contributed by atoms with Crippen LogP contribution in [0.5, 0.6) is 5.75 Å². The van der Waals surface area contributed by atoms with E-state index in [0.29, 0.717) is 11.3 Å². The molecule has 1 aromatic rings. The Balaban J connectivity index is 2.84. The maximum Gasteiger partial charge on any atom is 0.296 e. The average Bonchev–Trinajstić information content (AvgIpc) is 2.26. The molecular formula is C9H8N2O4. The normalized spacial score (nSPS) is 11.2. The van der Waals surface area contributed by atoms with E-state index < -0.39 is 11.2 Å². The van der Waals surface area contributed by atoms with Gasteiger partial charge in [0.2, 0.25) is 6.10 Å². The quantitative estimate of drug-likeness (QED) is 0.552. The van der Waals surface area contributed by atoms with E-state index in [-0.39, 0.29) is 0 Å². The molecule has 6 nitrogen and oxygen atoms in total. The van der Waals surface area contributed by atoms with Crippen molar-refractivity contribution in [1.29, 1.82) is 5.26 Å². The predicted molar refractivity (Wildman–Crippen MR) is 49.4 cm³/mol. The van der Waals surface area contributed by atoms with Crippen molar-refractivity contribution in [3.05, 3.63) is 39.9 Å². The number of ether oxygens (including phenoxy) is 1. The zero-order chi connectivity index (χ0) is 11.3. The summed E-state index contributed by atoms with van der Waals surface area (Å²) in [6.07, 6.45) is -1.20. The molecule has 0 aliphatic rings. The Kier molecular flexibility index (Phi) is 3.46. The lowest BCUT2D eigenvalue weighted by atomic mass is 10.1. The first-order valence-corrected chi connectivity index (χ1v) is 4.02. The SMILES string of the molecule is COc1ccc(C(C#N)O[N+](=O)[O-])cc1. The summed E-state index contributed by atoms with van der Waals surface area (Å²) < 4.78 is 4.91. The van der Waals surface area contributed by atoms with Crippen LogP contribution in [-0.4, -0.2) is 12.2 Å². The van der Waals surface area contributed by atoms with Gasteiger partial charge in [0.15, 0.2) is 0 Å². The molecule has 0 aromatic heterocycles. The first kappa shape index (κ1) is 10.8. The van der Waals surface area contributed by atoms with Crippen LogP contribution in [0.25, 0.3) is 0 Å². The highest BCUT2D eigenvalue weighted by Gasteiger charge is 2.14. The summed E-state index contributed by atoms with van der Waals surface area (Å²) in [6.45, 7) is 0. The van der Waals surface area contributed by atoms with E-state index in [4.69, 9.17) is 10.00 Å². The van der Waals surface area contributed by atoms with Gasteiger partial charge >= 0.3 is 0 Å². The minimum Gasteiger partial charge on any atom is -0.497 e. The van der Waals surface area contributed by atoms with Gasteiger partial charge in [0.25, 0.3) is 5.09 Å². The summed E-state index contributed by atoms with van der Waals surface area (Å²) in [5.41, 5.74) is 0.412. The van der Waals surface area contributed by atoms with Crippen molar-refractivity contribution in [2.24, 2.45) is 0 Å². The second-order valence-electron chi connectivity index (χ2n) is 2.61. The van der Waals surface area contributed by atoms with Crippen molar-refractivity contribution in [2.75, 3.05) is 7.11 Å². The third-order valence-corrected chi connectivity index (χ3v) is 1.73. The first-order valence-electron chi connectivity index (χ1n) is 4.02. The van der Waals surface area contributed by atoms with E-state index in [1.807, 2.05) is 0 Å². The van der Waals surface area contributed by atoms with Crippen molar-refractivity contribution in [2.45, 2.75) is 6.10 Å². The molecule has 0 heterocycles. The van der Waals surface area contributed by atoms with E-state index in [1.165, 1.54) is 19.2 Å². The fourth-order valence-corrected chi connectivity index (χ4v) is 1.02. The van der Waals surface area contributed by atoms with Crippen molar-refractivity contribution in [1.82, 2.24) is 0 Å². The molecule has 0 saturated heterocycles. The van der Waals surface area contributed by atoms with Crippen LogP contribution in [0.1, 0.15) is 11.7 Å². The van der Waals surface area contributed by atoms with Gasteiger partial charge in [-0.3, -0.25) is 4.84 Å². The number of rotatable bonds is 4.